The first kappa shape index (κ1) is 13.2. The van der Waals surface area contributed by atoms with E-state index in [0.29, 0.717) is 10.2 Å². The van der Waals surface area contributed by atoms with Crippen LogP contribution in [0.15, 0.2) is 40.0 Å². The molecule has 0 fully saturated rings. The summed E-state index contributed by atoms with van der Waals surface area (Å²) < 4.78 is 1.67. The van der Waals surface area contributed by atoms with Gasteiger partial charge < -0.3 is 0 Å². The Morgan fingerprint density at radius 3 is 2.94 bits per heavy atom. The number of nitrogens with one attached hydrogen (secondary N) is 2. The summed E-state index contributed by atoms with van der Waals surface area (Å²) in [6.07, 6.45) is 3.11. The van der Waals surface area contributed by atoms with Crippen LogP contribution >= 0.6 is 38.5 Å². The van der Waals surface area contributed by atoms with Crippen LogP contribution < -0.4 is 5.43 Å². The zero-order chi connectivity index (χ0) is 13.0. The highest BCUT2D eigenvalue weighted by Crippen LogP contribution is 2.12. The van der Waals surface area contributed by atoms with Crippen LogP contribution in [-0.4, -0.2) is 22.3 Å². The quantitative estimate of drug-likeness (QED) is 0.457. The number of carbonyl (C=O) groups is 1. The number of halogens is 2. The van der Waals surface area contributed by atoms with E-state index >= 15 is 0 Å². The average molecular weight is 419 g/mol. The highest BCUT2D eigenvalue weighted by molar-refractivity contribution is 14.1. The first-order valence-electron chi connectivity index (χ1n) is 4.95. The second-order valence-corrected chi connectivity index (χ2v) is 5.33. The number of hydrazone groups is 1. The van der Waals surface area contributed by atoms with Crippen molar-refractivity contribution in [3.8, 4) is 0 Å². The molecule has 0 aliphatic rings. The van der Waals surface area contributed by atoms with Crippen molar-refractivity contribution in [2.24, 2.45) is 5.10 Å². The van der Waals surface area contributed by atoms with Crippen molar-refractivity contribution < 1.29 is 4.79 Å². The molecule has 7 heteroatoms. The normalized spacial score (nSPS) is 10.8. The lowest BCUT2D eigenvalue weighted by molar-refractivity contribution is 0.0949. The second kappa shape index (κ2) is 6.10. The number of carbonyl (C=O) groups excluding carboxylic acids is 1. The monoisotopic (exact) mass is 418 g/mol. The van der Waals surface area contributed by atoms with Gasteiger partial charge in [0, 0.05) is 9.13 Å². The Labute approximate surface area is 125 Å². The van der Waals surface area contributed by atoms with Crippen molar-refractivity contribution >= 4 is 50.6 Å². The molecular formula is C11H8BrIN4O. The van der Waals surface area contributed by atoms with Crippen LogP contribution in [0.2, 0.25) is 0 Å². The van der Waals surface area contributed by atoms with E-state index in [1.54, 1.807) is 6.21 Å². The maximum absolute atomic E-state index is 11.7. The van der Waals surface area contributed by atoms with Gasteiger partial charge in [0.1, 0.15) is 5.69 Å². The molecular weight excluding hydrogens is 411 g/mol. The van der Waals surface area contributed by atoms with Gasteiger partial charge in [-0.15, -0.1) is 0 Å². The van der Waals surface area contributed by atoms with Gasteiger partial charge in [-0.2, -0.15) is 10.2 Å². The van der Waals surface area contributed by atoms with E-state index < -0.39 is 0 Å². The topological polar surface area (TPSA) is 70.1 Å². The molecule has 0 aliphatic heterocycles. The molecule has 0 spiro atoms. The molecule has 0 unspecified atom stereocenters. The largest absolute Gasteiger partial charge is 0.290 e. The molecule has 0 saturated heterocycles. The first-order chi connectivity index (χ1) is 8.68. The predicted molar refractivity (Wildman–Crippen MR) is 80.5 cm³/mol. The van der Waals surface area contributed by atoms with Crippen molar-refractivity contribution in [3.05, 3.63) is 49.8 Å². The number of rotatable bonds is 3. The third kappa shape index (κ3) is 3.16. The van der Waals surface area contributed by atoms with E-state index in [0.717, 1.165) is 9.13 Å². The standard InChI is InChI=1S/C11H8BrIN4O/c12-8-6-15-16-10(8)11(18)17-14-5-7-3-1-2-4-9(7)13/h1-6H,(H,15,16)(H,17,18). The maximum Gasteiger partial charge on any atom is 0.290 e. The van der Waals surface area contributed by atoms with Crippen molar-refractivity contribution in [2.75, 3.05) is 0 Å². The number of amides is 1. The van der Waals surface area contributed by atoms with E-state index in [1.807, 2.05) is 24.3 Å². The lowest BCUT2D eigenvalue weighted by atomic mass is 10.2. The number of hydrogen-bond donors (Lipinski definition) is 2. The molecule has 18 heavy (non-hydrogen) atoms. The summed E-state index contributed by atoms with van der Waals surface area (Å²) in [6, 6.07) is 7.75. The SMILES string of the molecule is O=C(NN=Cc1ccccc1I)c1[nH]ncc1Br. The summed E-state index contributed by atoms with van der Waals surface area (Å²) >= 11 is 5.41. The fourth-order valence-corrected chi connectivity index (χ4v) is 2.12. The Hall–Kier alpha value is -1.22. The van der Waals surface area contributed by atoms with E-state index in [9.17, 15) is 4.79 Å². The molecule has 1 aromatic carbocycles. The summed E-state index contributed by atoms with van der Waals surface area (Å²) in [6.45, 7) is 0. The van der Waals surface area contributed by atoms with Crippen LogP contribution in [0.5, 0.6) is 0 Å². The molecule has 5 nitrogen and oxygen atoms in total. The van der Waals surface area contributed by atoms with Crippen molar-refractivity contribution in [3.63, 3.8) is 0 Å². The predicted octanol–water partition coefficient (Wildman–Crippen LogP) is 2.54. The zero-order valence-corrected chi connectivity index (χ0v) is 12.8. The Morgan fingerprint density at radius 2 is 2.28 bits per heavy atom. The van der Waals surface area contributed by atoms with Gasteiger partial charge in [-0.3, -0.25) is 9.89 Å². The lowest BCUT2D eigenvalue weighted by Gasteiger charge is -1.98. The third-order valence-electron chi connectivity index (χ3n) is 2.10. The highest BCUT2D eigenvalue weighted by Gasteiger charge is 2.10. The number of aromatic nitrogens is 2. The molecule has 0 atom stereocenters. The Bertz CT molecular complexity index is 596. The fourth-order valence-electron chi connectivity index (χ4n) is 1.23. The minimum absolute atomic E-state index is 0.343. The van der Waals surface area contributed by atoms with Crippen molar-refractivity contribution in [2.45, 2.75) is 0 Å². The number of H-pyrrole nitrogens is 1. The van der Waals surface area contributed by atoms with Gasteiger partial charge in [0.05, 0.1) is 16.9 Å². The van der Waals surface area contributed by atoms with Crippen LogP contribution in [0.4, 0.5) is 0 Å². The molecule has 1 amide bonds. The third-order valence-corrected chi connectivity index (χ3v) is 3.68. The van der Waals surface area contributed by atoms with Crippen LogP contribution in [0.3, 0.4) is 0 Å². The highest BCUT2D eigenvalue weighted by atomic mass is 127. The Morgan fingerprint density at radius 1 is 1.50 bits per heavy atom. The Kier molecular flexibility index (Phi) is 4.48. The number of aromatic amines is 1. The first-order valence-corrected chi connectivity index (χ1v) is 6.82. The van der Waals surface area contributed by atoms with E-state index in [2.05, 4.69) is 59.2 Å². The summed E-state index contributed by atoms with van der Waals surface area (Å²) in [5.41, 5.74) is 3.72. The van der Waals surface area contributed by atoms with E-state index in [1.165, 1.54) is 6.20 Å². The zero-order valence-electron chi connectivity index (χ0n) is 9.02. The van der Waals surface area contributed by atoms with E-state index in [-0.39, 0.29) is 5.91 Å². The lowest BCUT2D eigenvalue weighted by Crippen LogP contribution is -2.18. The van der Waals surface area contributed by atoms with Gasteiger partial charge in [0.25, 0.3) is 5.91 Å². The molecule has 0 aliphatic carbocycles. The molecule has 0 radical (unpaired) electrons. The summed E-state index contributed by atoms with van der Waals surface area (Å²) in [5.74, 6) is -0.346. The van der Waals surface area contributed by atoms with Crippen LogP contribution in [0, 0.1) is 3.57 Å². The maximum atomic E-state index is 11.7. The van der Waals surface area contributed by atoms with Gasteiger partial charge in [-0.1, -0.05) is 18.2 Å². The van der Waals surface area contributed by atoms with E-state index in [4.69, 9.17) is 0 Å². The molecule has 2 rings (SSSR count). The second-order valence-electron chi connectivity index (χ2n) is 3.31. The van der Waals surface area contributed by atoms with Crippen LogP contribution in [0.1, 0.15) is 16.1 Å². The summed E-state index contributed by atoms with van der Waals surface area (Å²) in [7, 11) is 0. The van der Waals surface area contributed by atoms with Crippen LogP contribution in [-0.2, 0) is 0 Å². The smallest absolute Gasteiger partial charge is 0.272 e. The van der Waals surface area contributed by atoms with Crippen LogP contribution in [0.25, 0.3) is 0 Å². The summed E-state index contributed by atoms with van der Waals surface area (Å²) in [5, 5.41) is 10.2. The van der Waals surface area contributed by atoms with Gasteiger partial charge in [0.15, 0.2) is 0 Å². The number of nitrogens with zero attached hydrogens (tertiary/aromatic N) is 2. The molecule has 2 N–H and O–H groups in total. The van der Waals surface area contributed by atoms with Crippen molar-refractivity contribution in [1.29, 1.82) is 0 Å². The van der Waals surface area contributed by atoms with Gasteiger partial charge in [-0.25, -0.2) is 5.43 Å². The summed E-state index contributed by atoms with van der Waals surface area (Å²) in [4.78, 5) is 11.7. The minimum Gasteiger partial charge on any atom is -0.272 e. The average Bonchev–Trinajstić information content (AvgIpc) is 2.78. The molecule has 1 aromatic heterocycles. The number of benzene rings is 1. The molecule has 1 heterocycles. The molecule has 0 saturated carbocycles. The molecule has 2 aromatic rings. The van der Waals surface area contributed by atoms with Crippen molar-refractivity contribution in [1.82, 2.24) is 15.6 Å². The molecule has 0 bridgehead atoms. The van der Waals surface area contributed by atoms with Gasteiger partial charge in [-0.05, 0) is 44.6 Å². The molecule has 92 valence electrons. The van der Waals surface area contributed by atoms with Gasteiger partial charge >= 0.3 is 0 Å². The number of hydrogen-bond acceptors (Lipinski definition) is 3. The fraction of sp³-hybridized carbons (Fsp3) is 0. The minimum atomic E-state index is -0.346. The Balaban J connectivity index is 2.03. The van der Waals surface area contributed by atoms with Gasteiger partial charge in [0.2, 0.25) is 0 Å².